The summed E-state index contributed by atoms with van der Waals surface area (Å²) in [5.41, 5.74) is 3.30. The molecule has 1 heterocycles. The topological polar surface area (TPSA) is 127 Å². The minimum absolute atomic E-state index is 0.117. The molecular formula is C28H31FN4O5S. The molecule has 0 spiro atoms. The summed E-state index contributed by atoms with van der Waals surface area (Å²) in [5.74, 6) is -1.35. The van der Waals surface area contributed by atoms with Crippen LogP contribution in [0.5, 0.6) is 0 Å². The lowest BCUT2D eigenvalue weighted by Gasteiger charge is -2.21. The number of aryl methyl sites for hydroxylation is 1. The fraction of sp³-hybridized carbons (Fsp3) is 0.357. The standard InChI is InChI=1S/C28H31FN4O5S/c1-16-12-18(6-10-22(16)29)14-30-26(34)24-13-25(32-15-31-24)39(36,37)33-23-11-9-19-17(2)20(7-8-21(19)23)27(35)38-28(3,4)5/h6-8,10,12-13,15,23,33H,9,11,14H2,1-5H3,(H,30,34)/t23-/m0/s1. The van der Waals surface area contributed by atoms with E-state index in [0.717, 1.165) is 29.1 Å². The van der Waals surface area contributed by atoms with Crippen LogP contribution in [0.4, 0.5) is 4.39 Å². The quantitative estimate of drug-likeness (QED) is 0.333. The normalized spacial score (nSPS) is 15.1. The highest BCUT2D eigenvalue weighted by molar-refractivity contribution is 7.89. The summed E-state index contributed by atoms with van der Waals surface area (Å²) in [7, 11) is -4.10. The smallest absolute Gasteiger partial charge is 0.338 e. The fourth-order valence-corrected chi connectivity index (χ4v) is 5.70. The van der Waals surface area contributed by atoms with Crippen LogP contribution < -0.4 is 10.0 Å². The summed E-state index contributed by atoms with van der Waals surface area (Å²) < 4.78 is 48.1. The van der Waals surface area contributed by atoms with Gasteiger partial charge in [-0.3, -0.25) is 4.79 Å². The minimum atomic E-state index is -4.10. The van der Waals surface area contributed by atoms with Crippen molar-refractivity contribution in [2.24, 2.45) is 0 Å². The van der Waals surface area contributed by atoms with Crippen molar-refractivity contribution < 1.29 is 27.1 Å². The van der Waals surface area contributed by atoms with E-state index in [1.165, 1.54) is 6.07 Å². The Hall–Kier alpha value is -3.70. The number of carbonyl (C=O) groups excluding carboxylic acids is 2. The van der Waals surface area contributed by atoms with E-state index >= 15 is 0 Å². The van der Waals surface area contributed by atoms with Gasteiger partial charge in [0.25, 0.3) is 15.9 Å². The third-order valence-corrected chi connectivity index (χ3v) is 7.80. The summed E-state index contributed by atoms with van der Waals surface area (Å²) in [5, 5.41) is 2.32. The van der Waals surface area contributed by atoms with Crippen molar-refractivity contribution in [3.8, 4) is 0 Å². The van der Waals surface area contributed by atoms with E-state index in [0.29, 0.717) is 29.5 Å². The number of halogens is 1. The number of rotatable bonds is 7. The van der Waals surface area contributed by atoms with Crippen LogP contribution in [0.1, 0.15) is 81.9 Å². The summed E-state index contributed by atoms with van der Waals surface area (Å²) in [4.78, 5) is 33.0. The zero-order valence-corrected chi connectivity index (χ0v) is 23.3. The number of aromatic nitrogens is 2. The molecule has 2 aromatic carbocycles. The lowest BCUT2D eigenvalue weighted by Crippen LogP contribution is -2.29. The average molecular weight is 555 g/mol. The maximum Gasteiger partial charge on any atom is 0.338 e. The van der Waals surface area contributed by atoms with Crippen LogP contribution in [0.3, 0.4) is 0 Å². The van der Waals surface area contributed by atoms with E-state index in [1.54, 1.807) is 52.0 Å². The second-order valence-electron chi connectivity index (χ2n) is 10.5. The molecule has 39 heavy (non-hydrogen) atoms. The third-order valence-electron chi connectivity index (χ3n) is 6.43. The van der Waals surface area contributed by atoms with Crippen molar-refractivity contribution in [1.29, 1.82) is 0 Å². The van der Waals surface area contributed by atoms with Crippen LogP contribution in [0, 0.1) is 19.7 Å². The Bertz CT molecular complexity index is 1550. The first-order valence-electron chi connectivity index (χ1n) is 12.5. The zero-order chi connectivity index (χ0) is 28.5. The summed E-state index contributed by atoms with van der Waals surface area (Å²) in [6.07, 6.45) is 2.11. The summed E-state index contributed by atoms with van der Waals surface area (Å²) in [6.45, 7) is 8.97. The summed E-state index contributed by atoms with van der Waals surface area (Å²) >= 11 is 0. The Balaban J connectivity index is 1.48. The van der Waals surface area contributed by atoms with Crippen LogP contribution in [0.15, 0.2) is 47.8 Å². The predicted molar refractivity (Wildman–Crippen MR) is 142 cm³/mol. The summed E-state index contributed by atoms with van der Waals surface area (Å²) in [6, 6.07) is 8.49. The van der Waals surface area contributed by atoms with Gasteiger partial charge < -0.3 is 10.1 Å². The molecule has 1 atom stereocenters. The maximum absolute atomic E-state index is 13.5. The van der Waals surface area contributed by atoms with Crippen LogP contribution >= 0.6 is 0 Å². The van der Waals surface area contributed by atoms with Crippen LogP contribution in [0.2, 0.25) is 0 Å². The molecule has 206 valence electrons. The number of amides is 1. The highest BCUT2D eigenvalue weighted by atomic mass is 32.2. The molecule has 1 aliphatic rings. The zero-order valence-electron chi connectivity index (χ0n) is 22.5. The van der Waals surface area contributed by atoms with Crippen molar-refractivity contribution >= 4 is 21.9 Å². The van der Waals surface area contributed by atoms with Gasteiger partial charge in [-0.25, -0.2) is 32.3 Å². The molecule has 0 saturated carbocycles. The number of nitrogens with one attached hydrogen (secondary N) is 2. The first-order chi connectivity index (χ1) is 18.2. The van der Waals surface area contributed by atoms with E-state index in [9.17, 15) is 22.4 Å². The van der Waals surface area contributed by atoms with Gasteiger partial charge in [0.15, 0.2) is 5.03 Å². The van der Waals surface area contributed by atoms with E-state index in [4.69, 9.17) is 4.74 Å². The van der Waals surface area contributed by atoms with Gasteiger partial charge in [0, 0.05) is 18.7 Å². The number of hydrogen-bond acceptors (Lipinski definition) is 7. The lowest BCUT2D eigenvalue weighted by atomic mass is 9.98. The van der Waals surface area contributed by atoms with E-state index in [1.807, 2.05) is 6.92 Å². The Morgan fingerprint density at radius 2 is 1.85 bits per heavy atom. The maximum atomic E-state index is 13.5. The van der Waals surface area contributed by atoms with E-state index in [2.05, 4.69) is 20.0 Å². The number of fused-ring (bicyclic) bond motifs is 1. The van der Waals surface area contributed by atoms with Gasteiger partial charge in [-0.05, 0) is 87.4 Å². The largest absolute Gasteiger partial charge is 0.456 e. The number of sulfonamides is 1. The van der Waals surface area contributed by atoms with E-state index < -0.39 is 33.5 Å². The van der Waals surface area contributed by atoms with Crippen molar-refractivity contribution in [2.45, 2.75) is 70.7 Å². The first kappa shape index (κ1) is 28.3. The molecule has 0 saturated heterocycles. The molecule has 1 aliphatic carbocycles. The molecule has 1 amide bonds. The van der Waals surface area contributed by atoms with Gasteiger partial charge in [0.05, 0.1) is 5.56 Å². The number of carbonyl (C=O) groups is 2. The molecule has 9 nitrogen and oxygen atoms in total. The number of hydrogen-bond donors (Lipinski definition) is 2. The van der Waals surface area contributed by atoms with Gasteiger partial charge in [0.2, 0.25) is 0 Å². The minimum Gasteiger partial charge on any atom is -0.456 e. The van der Waals surface area contributed by atoms with Crippen LogP contribution in [-0.4, -0.2) is 35.9 Å². The van der Waals surface area contributed by atoms with Crippen molar-refractivity contribution in [3.63, 3.8) is 0 Å². The Morgan fingerprint density at radius 3 is 2.54 bits per heavy atom. The number of esters is 1. The van der Waals surface area contributed by atoms with E-state index in [-0.39, 0.29) is 23.1 Å². The molecule has 3 aromatic rings. The third kappa shape index (κ3) is 6.48. The molecular weight excluding hydrogens is 523 g/mol. The van der Waals surface area contributed by atoms with Gasteiger partial charge in [-0.2, -0.15) is 0 Å². The van der Waals surface area contributed by atoms with Crippen molar-refractivity contribution in [3.05, 3.63) is 87.6 Å². The number of benzene rings is 2. The average Bonchev–Trinajstić information content (AvgIpc) is 3.26. The number of ether oxygens (including phenoxy) is 1. The highest BCUT2D eigenvalue weighted by Crippen LogP contribution is 2.36. The molecule has 0 unspecified atom stereocenters. The van der Waals surface area contributed by atoms with Crippen molar-refractivity contribution in [2.75, 3.05) is 0 Å². The van der Waals surface area contributed by atoms with Crippen molar-refractivity contribution in [1.82, 2.24) is 20.0 Å². The monoisotopic (exact) mass is 554 g/mol. The van der Waals surface area contributed by atoms with Gasteiger partial charge in [-0.15, -0.1) is 0 Å². The molecule has 4 rings (SSSR count). The number of nitrogens with zero attached hydrogens (tertiary/aromatic N) is 2. The SMILES string of the molecule is Cc1cc(CNC(=O)c2cc(S(=O)(=O)N[C@H]3CCc4c3ccc(C(=O)OC(C)(C)C)c4C)ncn2)ccc1F. The van der Waals surface area contributed by atoms with Gasteiger partial charge in [0.1, 0.15) is 23.4 Å². The lowest BCUT2D eigenvalue weighted by molar-refractivity contribution is 0.00684. The predicted octanol–water partition coefficient (Wildman–Crippen LogP) is 4.08. The molecule has 2 N–H and O–H groups in total. The molecule has 0 bridgehead atoms. The molecule has 11 heteroatoms. The Labute approximate surface area is 227 Å². The molecule has 1 aromatic heterocycles. The highest BCUT2D eigenvalue weighted by Gasteiger charge is 2.31. The molecule has 0 aliphatic heterocycles. The second-order valence-corrected chi connectivity index (χ2v) is 12.2. The van der Waals surface area contributed by atoms with Crippen LogP contribution in [0.25, 0.3) is 0 Å². The molecule has 0 fully saturated rings. The molecule has 0 radical (unpaired) electrons. The Morgan fingerprint density at radius 1 is 1.10 bits per heavy atom. The van der Waals surface area contributed by atoms with Gasteiger partial charge in [-0.1, -0.05) is 18.2 Å². The van der Waals surface area contributed by atoms with Gasteiger partial charge >= 0.3 is 5.97 Å². The second kappa shape index (κ2) is 10.8. The Kier molecular flexibility index (Phi) is 7.85. The first-order valence-corrected chi connectivity index (χ1v) is 14.0. The fourth-order valence-electron chi connectivity index (χ4n) is 4.50. The van der Waals surface area contributed by atoms with Crippen LogP contribution in [-0.2, 0) is 27.7 Å².